The minimum absolute atomic E-state index is 0.261. The molecule has 1 saturated heterocycles. The fraction of sp³-hybridized carbons (Fsp3) is 1.00. The Kier molecular flexibility index (Phi) is 3.57. The van der Waals surface area contributed by atoms with Crippen LogP contribution < -0.4 is 5.73 Å². The van der Waals surface area contributed by atoms with Gasteiger partial charge in [0.15, 0.2) is 0 Å². The fourth-order valence-corrected chi connectivity index (χ4v) is 3.50. The van der Waals surface area contributed by atoms with Crippen molar-refractivity contribution in [2.24, 2.45) is 11.7 Å². The summed E-state index contributed by atoms with van der Waals surface area (Å²) in [6.07, 6.45) is 4.22. The molecule has 4 atom stereocenters. The monoisotopic (exact) mass is 226 g/mol. The van der Waals surface area contributed by atoms with Gasteiger partial charge in [0, 0.05) is 24.7 Å². The van der Waals surface area contributed by atoms with Crippen LogP contribution in [0.15, 0.2) is 0 Å². The summed E-state index contributed by atoms with van der Waals surface area (Å²) >= 11 is 0. The highest BCUT2D eigenvalue weighted by molar-refractivity contribution is 5.01. The molecule has 2 rings (SSSR count). The molecule has 0 amide bonds. The lowest BCUT2D eigenvalue weighted by atomic mass is 9.91. The van der Waals surface area contributed by atoms with Gasteiger partial charge in [-0.05, 0) is 39.0 Å². The van der Waals surface area contributed by atoms with E-state index in [9.17, 15) is 0 Å². The summed E-state index contributed by atoms with van der Waals surface area (Å²) in [6.45, 7) is 9.50. The minimum Gasteiger partial charge on any atom is -0.376 e. The third-order valence-electron chi connectivity index (χ3n) is 4.43. The van der Waals surface area contributed by atoms with Crippen LogP contribution >= 0.6 is 0 Å². The summed E-state index contributed by atoms with van der Waals surface area (Å²) in [7, 11) is 0. The van der Waals surface area contributed by atoms with Crippen LogP contribution in [0.2, 0.25) is 0 Å². The predicted octanol–water partition coefficient (Wildman–Crippen LogP) is 1.61. The van der Waals surface area contributed by atoms with E-state index in [0.29, 0.717) is 12.1 Å². The van der Waals surface area contributed by atoms with Crippen molar-refractivity contribution in [3.8, 4) is 0 Å². The normalized spacial score (nSPS) is 46.1. The molecule has 0 aromatic carbocycles. The van der Waals surface area contributed by atoms with Crippen LogP contribution in [0.1, 0.15) is 40.0 Å². The van der Waals surface area contributed by atoms with Gasteiger partial charge < -0.3 is 10.5 Å². The topological polar surface area (TPSA) is 38.5 Å². The Labute approximate surface area is 99.3 Å². The standard InChI is InChI=1S/C13H26N2O/c1-10-4-5-13(6-10,9-14)15-7-12(3)16-8-11(15)2/h10-12H,4-9,14H2,1-3H3. The van der Waals surface area contributed by atoms with E-state index in [1.807, 2.05) is 0 Å². The van der Waals surface area contributed by atoms with Gasteiger partial charge in [0.25, 0.3) is 0 Å². The first-order chi connectivity index (χ1) is 7.57. The van der Waals surface area contributed by atoms with Gasteiger partial charge >= 0.3 is 0 Å². The van der Waals surface area contributed by atoms with Crippen LogP contribution in [0.3, 0.4) is 0 Å². The Morgan fingerprint density at radius 2 is 2.12 bits per heavy atom. The molecule has 1 aliphatic heterocycles. The van der Waals surface area contributed by atoms with Gasteiger partial charge in [0.1, 0.15) is 0 Å². The quantitative estimate of drug-likeness (QED) is 0.777. The third kappa shape index (κ3) is 2.13. The molecule has 3 nitrogen and oxygen atoms in total. The summed E-state index contributed by atoms with van der Waals surface area (Å²) in [6, 6.07) is 0.519. The Balaban J connectivity index is 2.13. The van der Waals surface area contributed by atoms with Gasteiger partial charge in [-0.1, -0.05) is 6.92 Å². The molecule has 0 spiro atoms. The smallest absolute Gasteiger partial charge is 0.0675 e. The number of hydrogen-bond donors (Lipinski definition) is 1. The van der Waals surface area contributed by atoms with Crippen LogP contribution in [-0.2, 0) is 4.74 Å². The summed E-state index contributed by atoms with van der Waals surface area (Å²) in [4.78, 5) is 2.63. The van der Waals surface area contributed by atoms with Crippen molar-refractivity contribution in [3.05, 3.63) is 0 Å². The first kappa shape index (κ1) is 12.3. The van der Waals surface area contributed by atoms with E-state index in [2.05, 4.69) is 25.7 Å². The Morgan fingerprint density at radius 3 is 2.69 bits per heavy atom. The van der Waals surface area contributed by atoms with Gasteiger partial charge in [-0.3, -0.25) is 4.90 Å². The maximum Gasteiger partial charge on any atom is 0.0675 e. The molecule has 16 heavy (non-hydrogen) atoms. The second kappa shape index (κ2) is 4.63. The number of rotatable bonds is 2. The molecule has 2 fully saturated rings. The Bertz CT molecular complexity index is 246. The highest BCUT2D eigenvalue weighted by atomic mass is 16.5. The van der Waals surface area contributed by atoms with Crippen LogP contribution in [0, 0.1) is 5.92 Å². The lowest BCUT2D eigenvalue weighted by Gasteiger charge is -2.48. The highest BCUT2D eigenvalue weighted by Crippen LogP contribution is 2.40. The fourth-order valence-electron chi connectivity index (χ4n) is 3.50. The molecule has 2 N–H and O–H groups in total. The summed E-state index contributed by atoms with van der Waals surface area (Å²) in [5.74, 6) is 0.828. The van der Waals surface area contributed by atoms with Crippen LogP contribution in [0.4, 0.5) is 0 Å². The number of hydrogen-bond acceptors (Lipinski definition) is 3. The van der Waals surface area contributed by atoms with Crippen molar-refractivity contribution in [1.29, 1.82) is 0 Å². The summed E-state index contributed by atoms with van der Waals surface area (Å²) in [5.41, 5.74) is 6.35. The van der Waals surface area contributed by atoms with Gasteiger partial charge in [0.05, 0.1) is 12.7 Å². The van der Waals surface area contributed by atoms with E-state index in [4.69, 9.17) is 10.5 Å². The average molecular weight is 226 g/mol. The number of nitrogens with two attached hydrogens (primary N) is 1. The number of nitrogens with zero attached hydrogens (tertiary/aromatic N) is 1. The van der Waals surface area contributed by atoms with Gasteiger partial charge in [-0.15, -0.1) is 0 Å². The molecule has 0 aromatic rings. The maximum atomic E-state index is 6.09. The first-order valence-corrected chi connectivity index (χ1v) is 6.66. The van der Waals surface area contributed by atoms with E-state index in [-0.39, 0.29) is 5.54 Å². The molecule has 1 saturated carbocycles. The van der Waals surface area contributed by atoms with Crippen molar-refractivity contribution in [1.82, 2.24) is 4.90 Å². The molecule has 4 unspecified atom stereocenters. The highest BCUT2D eigenvalue weighted by Gasteiger charge is 2.44. The second-order valence-electron chi connectivity index (χ2n) is 5.92. The second-order valence-corrected chi connectivity index (χ2v) is 5.92. The van der Waals surface area contributed by atoms with Crippen LogP contribution in [0.25, 0.3) is 0 Å². The molecule has 94 valence electrons. The number of morpholine rings is 1. The van der Waals surface area contributed by atoms with Gasteiger partial charge in [0.2, 0.25) is 0 Å². The molecule has 2 aliphatic rings. The molecular weight excluding hydrogens is 200 g/mol. The maximum absolute atomic E-state index is 6.09. The summed E-state index contributed by atoms with van der Waals surface area (Å²) < 4.78 is 5.71. The van der Waals surface area contributed by atoms with Crippen molar-refractivity contribution in [2.75, 3.05) is 19.7 Å². The van der Waals surface area contributed by atoms with E-state index in [0.717, 1.165) is 25.6 Å². The van der Waals surface area contributed by atoms with Crippen LogP contribution in [-0.4, -0.2) is 42.3 Å². The van der Waals surface area contributed by atoms with Crippen molar-refractivity contribution >= 4 is 0 Å². The third-order valence-corrected chi connectivity index (χ3v) is 4.43. The first-order valence-electron chi connectivity index (χ1n) is 6.66. The van der Waals surface area contributed by atoms with Crippen LogP contribution in [0.5, 0.6) is 0 Å². The van der Waals surface area contributed by atoms with Gasteiger partial charge in [-0.25, -0.2) is 0 Å². The van der Waals surface area contributed by atoms with Crippen molar-refractivity contribution in [2.45, 2.75) is 57.7 Å². The molecule has 3 heteroatoms. The van der Waals surface area contributed by atoms with Crippen molar-refractivity contribution < 1.29 is 4.74 Å². The Morgan fingerprint density at radius 1 is 1.38 bits per heavy atom. The Hall–Kier alpha value is -0.120. The van der Waals surface area contributed by atoms with E-state index < -0.39 is 0 Å². The SMILES string of the molecule is CC1CCC(CN)(N2CC(C)OCC2C)C1. The molecule has 0 aromatic heterocycles. The molecule has 1 aliphatic carbocycles. The van der Waals surface area contributed by atoms with Crippen molar-refractivity contribution in [3.63, 3.8) is 0 Å². The number of ether oxygens (including phenoxy) is 1. The largest absolute Gasteiger partial charge is 0.376 e. The zero-order valence-electron chi connectivity index (χ0n) is 10.9. The molecule has 0 radical (unpaired) electrons. The molecule has 0 bridgehead atoms. The predicted molar refractivity (Wildman–Crippen MR) is 66.4 cm³/mol. The van der Waals surface area contributed by atoms with Gasteiger partial charge in [-0.2, -0.15) is 0 Å². The summed E-state index contributed by atoms with van der Waals surface area (Å²) in [5, 5.41) is 0. The minimum atomic E-state index is 0.261. The molecular formula is C13H26N2O. The average Bonchev–Trinajstić information content (AvgIpc) is 2.65. The molecule has 1 heterocycles. The zero-order chi connectivity index (χ0) is 11.8. The van der Waals surface area contributed by atoms with E-state index in [1.54, 1.807) is 0 Å². The lowest BCUT2D eigenvalue weighted by Crippen LogP contribution is -2.61. The lowest BCUT2D eigenvalue weighted by molar-refractivity contribution is -0.0918. The zero-order valence-corrected chi connectivity index (χ0v) is 10.9. The van der Waals surface area contributed by atoms with E-state index >= 15 is 0 Å². The van der Waals surface area contributed by atoms with E-state index in [1.165, 1.54) is 19.3 Å².